The van der Waals surface area contributed by atoms with Crippen LogP contribution in [0, 0.1) is 10.1 Å². The van der Waals surface area contributed by atoms with Gasteiger partial charge in [0.1, 0.15) is 11.3 Å². The molecule has 1 aromatic rings. The summed E-state index contributed by atoms with van der Waals surface area (Å²) >= 11 is 0. The molecule has 114 valence electrons. The molecule has 1 aromatic carbocycles. The molecule has 8 nitrogen and oxygen atoms in total. The van der Waals surface area contributed by atoms with Crippen molar-refractivity contribution >= 4 is 17.5 Å². The Morgan fingerprint density at radius 3 is 2.48 bits per heavy atom. The van der Waals surface area contributed by atoms with E-state index in [1.165, 1.54) is 4.90 Å². The summed E-state index contributed by atoms with van der Waals surface area (Å²) in [5.74, 6) is -1.32. The first-order valence-electron chi connectivity index (χ1n) is 6.44. The number of hydrogen-bond donors (Lipinski definition) is 2. The molecule has 21 heavy (non-hydrogen) atoms. The van der Waals surface area contributed by atoms with Gasteiger partial charge in [-0.15, -0.1) is 0 Å². The maximum Gasteiger partial charge on any atom is 0.282 e. The highest BCUT2D eigenvalue weighted by Gasteiger charge is 2.21. The average Bonchev–Trinajstić information content (AvgIpc) is 2.45. The summed E-state index contributed by atoms with van der Waals surface area (Å²) in [5, 5.41) is 22.5. The summed E-state index contributed by atoms with van der Waals surface area (Å²) in [5.41, 5.74) is -0.715. The Bertz CT molecular complexity index is 555. The van der Waals surface area contributed by atoms with Crippen molar-refractivity contribution < 1.29 is 19.6 Å². The summed E-state index contributed by atoms with van der Waals surface area (Å²) in [4.78, 5) is 35.3. The molecule has 0 aliphatic rings. The van der Waals surface area contributed by atoms with Gasteiger partial charge in [0.05, 0.1) is 11.5 Å². The molecular weight excluding hydrogens is 278 g/mol. The van der Waals surface area contributed by atoms with E-state index < -0.39 is 16.5 Å². The van der Waals surface area contributed by atoms with Crippen molar-refractivity contribution in [1.29, 1.82) is 0 Å². The largest absolute Gasteiger partial charge is 0.508 e. The topological polar surface area (TPSA) is 113 Å². The van der Waals surface area contributed by atoms with Gasteiger partial charge in [-0.25, -0.2) is 0 Å². The number of carbonyl (C=O) groups excluding carboxylic acids is 2. The Morgan fingerprint density at radius 2 is 1.95 bits per heavy atom. The molecule has 0 aliphatic heterocycles. The molecule has 0 aromatic heterocycles. The minimum Gasteiger partial charge on any atom is -0.508 e. The second-order valence-corrected chi connectivity index (χ2v) is 4.21. The Kier molecular flexibility index (Phi) is 5.65. The molecule has 0 bridgehead atoms. The number of nitro benzene ring substituents is 1. The summed E-state index contributed by atoms with van der Waals surface area (Å²) < 4.78 is 0. The van der Waals surface area contributed by atoms with Gasteiger partial charge in [-0.2, -0.15) is 0 Å². The number of nitrogens with zero attached hydrogens (tertiary/aromatic N) is 2. The lowest BCUT2D eigenvalue weighted by molar-refractivity contribution is -0.385. The molecule has 2 N–H and O–H groups in total. The zero-order valence-corrected chi connectivity index (χ0v) is 11.8. The summed E-state index contributed by atoms with van der Waals surface area (Å²) in [6.45, 7) is 4.38. The number of phenols is 1. The van der Waals surface area contributed by atoms with Crippen molar-refractivity contribution in [3.63, 3.8) is 0 Å². The molecule has 0 spiro atoms. The number of carbonyl (C=O) groups is 2. The van der Waals surface area contributed by atoms with Crippen molar-refractivity contribution in [2.45, 2.75) is 13.8 Å². The van der Waals surface area contributed by atoms with Crippen molar-refractivity contribution in [2.75, 3.05) is 19.6 Å². The van der Waals surface area contributed by atoms with Crippen LogP contribution in [0.2, 0.25) is 0 Å². The molecule has 0 saturated carbocycles. The van der Waals surface area contributed by atoms with Gasteiger partial charge in [-0.05, 0) is 26.0 Å². The zero-order chi connectivity index (χ0) is 16.0. The second kappa shape index (κ2) is 7.22. The minimum atomic E-state index is -0.780. The molecule has 0 radical (unpaired) electrons. The third kappa shape index (κ3) is 4.16. The number of rotatable bonds is 6. The van der Waals surface area contributed by atoms with Gasteiger partial charge in [0.15, 0.2) is 0 Å². The fraction of sp³-hybridized carbons (Fsp3) is 0.385. The van der Waals surface area contributed by atoms with E-state index in [1.54, 1.807) is 0 Å². The Hall–Kier alpha value is -2.64. The molecule has 1 rings (SSSR count). The quantitative estimate of drug-likeness (QED) is 0.598. The van der Waals surface area contributed by atoms with Gasteiger partial charge in [0.2, 0.25) is 5.91 Å². The minimum absolute atomic E-state index is 0.257. The fourth-order valence-electron chi connectivity index (χ4n) is 1.80. The number of nitro groups is 1. The summed E-state index contributed by atoms with van der Waals surface area (Å²) in [6, 6.07) is 3.15. The van der Waals surface area contributed by atoms with Crippen LogP contribution in [0.5, 0.6) is 5.75 Å². The predicted molar refractivity (Wildman–Crippen MR) is 75.0 cm³/mol. The van der Waals surface area contributed by atoms with E-state index >= 15 is 0 Å². The first kappa shape index (κ1) is 16.4. The number of amides is 2. The van der Waals surface area contributed by atoms with Crippen LogP contribution in [0.1, 0.15) is 24.2 Å². The number of nitrogens with one attached hydrogen (secondary N) is 1. The van der Waals surface area contributed by atoms with Crippen LogP contribution in [-0.2, 0) is 4.79 Å². The van der Waals surface area contributed by atoms with E-state index in [2.05, 4.69) is 5.32 Å². The van der Waals surface area contributed by atoms with E-state index in [1.807, 2.05) is 13.8 Å². The van der Waals surface area contributed by atoms with Crippen molar-refractivity contribution in [3.8, 4) is 5.75 Å². The van der Waals surface area contributed by atoms with Crippen LogP contribution in [0.3, 0.4) is 0 Å². The highest BCUT2D eigenvalue weighted by Crippen LogP contribution is 2.22. The molecule has 0 aliphatic carbocycles. The maximum absolute atomic E-state index is 11.9. The van der Waals surface area contributed by atoms with E-state index in [-0.39, 0.29) is 23.8 Å². The Labute approximate surface area is 121 Å². The van der Waals surface area contributed by atoms with Crippen LogP contribution < -0.4 is 5.32 Å². The Balaban J connectivity index is 2.83. The number of hydrogen-bond acceptors (Lipinski definition) is 5. The van der Waals surface area contributed by atoms with Gasteiger partial charge >= 0.3 is 0 Å². The third-order valence-electron chi connectivity index (χ3n) is 2.94. The van der Waals surface area contributed by atoms with E-state index in [0.29, 0.717) is 13.1 Å². The van der Waals surface area contributed by atoms with E-state index in [0.717, 1.165) is 18.2 Å². The average molecular weight is 295 g/mol. The molecule has 2 amide bonds. The van der Waals surface area contributed by atoms with Gasteiger partial charge in [-0.1, -0.05) is 0 Å². The van der Waals surface area contributed by atoms with Crippen molar-refractivity contribution in [1.82, 2.24) is 10.2 Å². The van der Waals surface area contributed by atoms with Gasteiger partial charge < -0.3 is 15.3 Å². The number of likely N-dealkylation sites (N-methyl/N-ethyl adjacent to an activating group) is 1. The van der Waals surface area contributed by atoms with Gasteiger partial charge in [-0.3, -0.25) is 19.7 Å². The highest BCUT2D eigenvalue weighted by molar-refractivity contribution is 6.00. The van der Waals surface area contributed by atoms with Gasteiger partial charge in [0, 0.05) is 19.2 Å². The monoisotopic (exact) mass is 295 g/mol. The normalized spacial score (nSPS) is 10.0. The second-order valence-electron chi connectivity index (χ2n) is 4.21. The number of benzene rings is 1. The van der Waals surface area contributed by atoms with Crippen LogP contribution in [0.25, 0.3) is 0 Å². The van der Waals surface area contributed by atoms with Crippen molar-refractivity contribution in [2.24, 2.45) is 0 Å². The lowest BCUT2D eigenvalue weighted by atomic mass is 10.1. The van der Waals surface area contributed by atoms with Crippen molar-refractivity contribution in [3.05, 3.63) is 33.9 Å². The van der Waals surface area contributed by atoms with Crippen LogP contribution in [0.4, 0.5) is 5.69 Å². The molecule has 0 atom stereocenters. The summed E-state index contributed by atoms with van der Waals surface area (Å²) in [6.07, 6.45) is 0. The first-order valence-corrected chi connectivity index (χ1v) is 6.44. The fourth-order valence-corrected chi connectivity index (χ4v) is 1.80. The van der Waals surface area contributed by atoms with E-state index in [4.69, 9.17) is 0 Å². The van der Waals surface area contributed by atoms with Crippen LogP contribution in [0.15, 0.2) is 18.2 Å². The lowest BCUT2D eigenvalue weighted by Crippen LogP contribution is -2.40. The highest BCUT2D eigenvalue weighted by atomic mass is 16.6. The van der Waals surface area contributed by atoms with Gasteiger partial charge in [0.25, 0.3) is 11.6 Å². The molecule has 0 heterocycles. The zero-order valence-electron chi connectivity index (χ0n) is 11.8. The van der Waals surface area contributed by atoms with E-state index in [9.17, 15) is 24.8 Å². The third-order valence-corrected chi connectivity index (χ3v) is 2.94. The maximum atomic E-state index is 11.9. The predicted octanol–water partition coefficient (Wildman–Crippen LogP) is 0.899. The first-order chi connectivity index (χ1) is 9.90. The molecule has 0 unspecified atom stereocenters. The number of phenolic OH excluding ortho intramolecular Hbond substituents is 1. The van der Waals surface area contributed by atoms with Crippen LogP contribution >= 0.6 is 0 Å². The molecule has 8 heteroatoms. The molecule has 0 fully saturated rings. The number of aromatic hydroxyl groups is 1. The standard InChI is InChI=1S/C13H17N3O5/c1-3-15(4-2)12(18)8-14-13(19)10-7-9(17)5-6-11(10)16(20)21/h5-7,17H,3-4,8H2,1-2H3,(H,14,19). The summed E-state index contributed by atoms with van der Waals surface area (Å²) in [7, 11) is 0. The lowest BCUT2D eigenvalue weighted by Gasteiger charge is -2.18. The smallest absolute Gasteiger partial charge is 0.282 e. The molecule has 0 saturated heterocycles. The SMILES string of the molecule is CCN(CC)C(=O)CNC(=O)c1cc(O)ccc1[N+](=O)[O-]. The Morgan fingerprint density at radius 1 is 1.33 bits per heavy atom. The van der Waals surface area contributed by atoms with Crippen LogP contribution in [-0.4, -0.2) is 46.4 Å². The molecular formula is C13H17N3O5.